The molecule has 0 heterocycles. The maximum Gasteiger partial charge on any atom is 0.0399 e. The molecule has 138 valence electrons. The van der Waals surface area contributed by atoms with E-state index in [1.807, 2.05) is 13.1 Å². The number of nitrogens with one attached hydrogen (secondary N) is 1. The second kappa shape index (κ2) is 8.95. The molecule has 0 aliphatic heterocycles. The maximum atomic E-state index is 5.81. The molecule has 0 fully saturated rings. The summed E-state index contributed by atoms with van der Waals surface area (Å²) in [5.74, 6) is 0.626. The molecule has 0 atom stereocenters. The third kappa shape index (κ3) is 4.70. The van der Waals surface area contributed by atoms with E-state index in [-0.39, 0.29) is 5.41 Å². The molecule has 2 aromatic carbocycles. The van der Waals surface area contributed by atoms with E-state index >= 15 is 0 Å². The molecular weight excluding hydrogens is 340 g/mol. The Morgan fingerprint density at radius 1 is 1.15 bits per heavy atom. The zero-order valence-electron chi connectivity index (χ0n) is 16.2. The van der Waals surface area contributed by atoms with E-state index < -0.39 is 0 Å². The summed E-state index contributed by atoms with van der Waals surface area (Å²) in [5, 5.41) is 3.28. The highest BCUT2D eigenvalue weighted by Crippen LogP contribution is 2.36. The Hall–Kier alpha value is -2.19. The first kappa shape index (κ1) is 20.1. The second-order valence-corrected chi connectivity index (χ2v) is 7.36. The minimum absolute atomic E-state index is 0.156. The van der Waals surface area contributed by atoms with Crippen LogP contribution in [0, 0.1) is 0 Å². The molecule has 0 aliphatic rings. The number of nitrogens with zero attached hydrogens (tertiary/aromatic N) is 1. The third-order valence-corrected chi connectivity index (χ3v) is 5.07. The molecule has 2 rings (SSSR count). The van der Waals surface area contributed by atoms with Crippen LogP contribution in [-0.2, 0) is 5.41 Å². The largest absolute Gasteiger partial charge is 0.388 e. The standard InChI is InChI=1S/C23H29ClN2/c1-18(23(2,3)21-8-6-7-9-22(21)25-4)10-11-19-12-14-20(15-13-19)26(5)17-16-24/h6-15,25H,1,16-17H2,2-5H3/b11-10+. The highest BCUT2D eigenvalue weighted by Gasteiger charge is 2.25. The Labute approximate surface area is 163 Å². The molecule has 0 radical (unpaired) electrons. The van der Waals surface area contributed by atoms with Gasteiger partial charge in [0, 0.05) is 43.3 Å². The molecule has 0 aliphatic carbocycles. The van der Waals surface area contributed by atoms with Gasteiger partial charge in [0.05, 0.1) is 0 Å². The van der Waals surface area contributed by atoms with Crippen LogP contribution in [0.2, 0.25) is 0 Å². The number of rotatable bonds is 8. The van der Waals surface area contributed by atoms with Gasteiger partial charge >= 0.3 is 0 Å². The summed E-state index contributed by atoms with van der Waals surface area (Å²) in [4.78, 5) is 2.15. The lowest BCUT2D eigenvalue weighted by atomic mass is 9.77. The number of anilines is 2. The molecule has 1 N–H and O–H groups in total. The lowest BCUT2D eigenvalue weighted by molar-refractivity contribution is 0.644. The van der Waals surface area contributed by atoms with Crippen molar-refractivity contribution < 1.29 is 0 Å². The first-order valence-corrected chi connectivity index (χ1v) is 9.45. The smallest absolute Gasteiger partial charge is 0.0399 e. The molecule has 2 aromatic rings. The van der Waals surface area contributed by atoms with Gasteiger partial charge in [-0.2, -0.15) is 0 Å². The van der Waals surface area contributed by atoms with E-state index in [0.717, 1.165) is 23.4 Å². The predicted octanol–water partition coefficient (Wildman–Crippen LogP) is 5.95. The number of hydrogen-bond donors (Lipinski definition) is 1. The van der Waals surface area contributed by atoms with Crippen LogP contribution in [0.25, 0.3) is 6.08 Å². The normalized spacial score (nSPS) is 11.6. The number of para-hydroxylation sites is 1. The fourth-order valence-corrected chi connectivity index (χ4v) is 3.17. The number of allylic oxidation sites excluding steroid dienone is 2. The molecule has 0 unspecified atom stereocenters. The minimum Gasteiger partial charge on any atom is -0.388 e. The highest BCUT2D eigenvalue weighted by atomic mass is 35.5. The van der Waals surface area contributed by atoms with Crippen molar-refractivity contribution in [1.29, 1.82) is 0 Å². The van der Waals surface area contributed by atoms with E-state index in [0.29, 0.717) is 5.88 Å². The fraction of sp³-hybridized carbons (Fsp3) is 0.304. The van der Waals surface area contributed by atoms with Crippen LogP contribution in [0.3, 0.4) is 0 Å². The van der Waals surface area contributed by atoms with E-state index in [9.17, 15) is 0 Å². The summed E-state index contributed by atoms with van der Waals surface area (Å²) in [5.41, 5.74) is 5.63. The van der Waals surface area contributed by atoms with Crippen LogP contribution in [0.1, 0.15) is 25.0 Å². The topological polar surface area (TPSA) is 15.3 Å². The summed E-state index contributed by atoms with van der Waals surface area (Å²) in [6, 6.07) is 16.9. The van der Waals surface area contributed by atoms with Crippen molar-refractivity contribution in [3.63, 3.8) is 0 Å². The fourth-order valence-electron chi connectivity index (χ4n) is 2.92. The summed E-state index contributed by atoms with van der Waals surface area (Å²) < 4.78 is 0. The van der Waals surface area contributed by atoms with E-state index in [2.05, 4.69) is 92.3 Å². The van der Waals surface area contributed by atoms with Gasteiger partial charge in [-0.1, -0.05) is 62.9 Å². The predicted molar refractivity (Wildman–Crippen MR) is 118 cm³/mol. The van der Waals surface area contributed by atoms with Crippen molar-refractivity contribution >= 4 is 29.1 Å². The van der Waals surface area contributed by atoms with Gasteiger partial charge < -0.3 is 10.2 Å². The minimum atomic E-state index is -0.156. The van der Waals surface area contributed by atoms with E-state index in [4.69, 9.17) is 11.6 Å². The van der Waals surface area contributed by atoms with Gasteiger partial charge in [-0.05, 0) is 34.9 Å². The van der Waals surface area contributed by atoms with Gasteiger partial charge in [0.25, 0.3) is 0 Å². The average Bonchev–Trinajstić information content (AvgIpc) is 2.66. The summed E-state index contributed by atoms with van der Waals surface area (Å²) in [6.45, 7) is 9.58. The van der Waals surface area contributed by atoms with Crippen molar-refractivity contribution in [2.75, 3.05) is 36.7 Å². The Morgan fingerprint density at radius 2 is 1.81 bits per heavy atom. The monoisotopic (exact) mass is 368 g/mol. The molecule has 2 nitrogen and oxygen atoms in total. The van der Waals surface area contributed by atoms with Gasteiger partial charge in [-0.3, -0.25) is 0 Å². The summed E-state index contributed by atoms with van der Waals surface area (Å²) >= 11 is 5.81. The zero-order chi connectivity index (χ0) is 19.2. The zero-order valence-corrected chi connectivity index (χ0v) is 17.0. The van der Waals surface area contributed by atoms with Crippen molar-refractivity contribution in [2.45, 2.75) is 19.3 Å². The highest BCUT2D eigenvalue weighted by molar-refractivity contribution is 6.18. The van der Waals surface area contributed by atoms with E-state index in [1.54, 1.807) is 0 Å². The summed E-state index contributed by atoms with van der Waals surface area (Å²) in [7, 11) is 4.01. The SMILES string of the molecule is C=C(/C=C/c1ccc(N(C)CCCl)cc1)C(C)(C)c1ccccc1NC. The van der Waals surface area contributed by atoms with Gasteiger partial charge in [0.2, 0.25) is 0 Å². The molecule has 26 heavy (non-hydrogen) atoms. The van der Waals surface area contributed by atoms with Crippen molar-refractivity contribution in [3.8, 4) is 0 Å². The number of benzene rings is 2. The van der Waals surface area contributed by atoms with Crippen LogP contribution >= 0.6 is 11.6 Å². The molecule has 0 amide bonds. The van der Waals surface area contributed by atoms with Crippen LogP contribution in [-0.4, -0.2) is 26.5 Å². The lowest BCUT2D eigenvalue weighted by Gasteiger charge is -2.28. The number of hydrogen-bond acceptors (Lipinski definition) is 2. The third-order valence-electron chi connectivity index (χ3n) is 4.90. The van der Waals surface area contributed by atoms with Gasteiger partial charge in [-0.25, -0.2) is 0 Å². The second-order valence-electron chi connectivity index (χ2n) is 6.98. The van der Waals surface area contributed by atoms with Crippen LogP contribution < -0.4 is 10.2 Å². The molecular formula is C23H29ClN2. The molecule has 0 saturated heterocycles. The van der Waals surface area contributed by atoms with Crippen molar-refractivity contribution in [3.05, 3.63) is 77.9 Å². The quantitative estimate of drug-likeness (QED) is 0.457. The van der Waals surface area contributed by atoms with Gasteiger partial charge in [-0.15, -0.1) is 11.6 Å². The van der Waals surface area contributed by atoms with Crippen molar-refractivity contribution in [2.24, 2.45) is 0 Å². The van der Waals surface area contributed by atoms with Gasteiger partial charge in [0.1, 0.15) is 0 Å². The first-order valence-electron chi connectivity index (χ1n) is 8.92. The Bertz CT molecular complexity index is 760. The maximum absolute atomic E-state index is 5.81. The van der Waals surface area contributed by atoms with Crippen molar-refractivity contribution in [1.82, 2.24) is 0 Å². The Morgan fingerprint density at radius 3 is 2.42 bits per heavy atom. The first-order chi connectivity index (χ1) is 12.4. The van der Waals surface area contributed by atoms with E-state index in [1.165, 1.54) is 11.3 Å². The molecule has 0 bridgehead atoms. The molecule has 0 saturated carbocycles. The Balaban J connectivity index is 2.15. The van der Waals surface area contributed by atoms with Gasteiger partial charge in [0.15, 0.2) is 0 Å². The molecule has 3 heteroatoms. The molecule has 0 aromatic heterocycles. The van der Waals surface area contributed by atoms with Crippen LogP contribution in [0.5, 0.6) is 0 Å². The lowest BCUT2D eigenvalue weighted by Crippen LogP contribution is -2.20. The molecule has 0 spiro atoms. The van der Waals surface area contributed by atoms with Crippen LogP contribution in [0.15, 0.2) is 66.8 Å². The van der Waals surface area contributed by atoms with Crippen LogP contribution in [0.4, 0.5) is 11.4 Å². The number of alkyl halides is 1. The average molecular weight is 369 g/mol. The number of halogens is 1. The Kier molecular flexibility index (Phi) is 6.93. The summed E-state index contributed by atoms with van der Waals surface area (Å²) in [6.07, 6.45) is 4.24.